The number of likely N-dealkylation sites (tertiary alicyclic amines) is 1. The van der Waals surface area contributed by atoms with Gasteiger partial charge in [-0.1, -0.05) is 29.8 Å². The topological polar surface area (TPSA) is 83.9 Å². The van der Waals surface area contributed by atoms with Crippen molar-refractivity contribution in [3.63, 3.8) is 0 Å². The molecule has 1 saturated heterocycles. The van der Waals surface area contributed by atoms with Gasteiger partial charge in [0.05, 0.1) is 24.6 Å². The first-order chi connectivity index (χ1) is 13.1. The zero-order valence-corrected chi connectivity index (χ0v) is 14.6. The highest BCUT2D eigenvalue weighted by atomic mass is 16.3. The van der Waals surface area contributed by atoms with E-state index in [-0.39, 0.29) is 17.9 Å². The Kier molecular flexibility index (Phi) is 4.16. The van der Waals surface area contributed by atoms with Gasteiger partial charge < -0.3 is 18.8 Å². The number of nitrogens with zero attached hydrogens (tertiary/aromatic N) is 1. The summed E-state index contributed by atoms with van der Waals surface area (Å²) in [5.41, 5.74) is 1.49. The molecule has 3 heterocycles. The summed E-state index contributed by atoms with van der Waals surface area (Å²) in [6, 6.07) is 13.0. The van der Waals surface area contributed by atoms with Crippen LogP contribution in [0.15, 0.2) is 75.5 Å². The fourth-order valence-electron chi connectivity index (χ4n) is 3.22. The standard InChI is InChI=1S/C21H17NO5/c1-13-6-8-14(9-7-13)19(23)17-18(16-5-3-11-27-16)22(21(25)20(17)24)12-15-4-2-10-26-15/h2-11,18,23H,12H2,1H3. The maximum Gasteiger partial charge on any atom is 0.296 e. The molecule has 136 valence electrons. The molecule has 4 rings (SSSR count). The summed E-state index contributed by atoms with van der Waals surface area (Å²) in [6.45, 7) is 2.02. The van der Waals surface area contributed by atoms with E-state index in [9.17, 15) is 14.7 Å². The van der Waals surface area contributed by atoms with Crippen LogP contribution in [0.4, 0.5) is 0 Å². The second kappa shape index (κ2) is 6.64. The molecule has 0 spiro atoms. The van der Waals surface area contributed by atoms with E-state index < -0.39 is 17.7 Å². The van der Waals surface area contributed by atoms with E-state index in [2.05, 4.69) is 0 Å². The molecule has 0 radical (unpaired) electrons. The Hall–Kier alpha value is -3.54. The van der Waals surface area contributed by atoms with Gasteiger partial charge in [0, 0.05) is 5.56 Å². The molecule has 1 aliphatic rings. The quantitative estimate of drug-likeness (QED) is 0.433. The molecule has 1 fully saturated rings. The summed E-state index contributed by atoms with van der Waals surface area (Å²) < 4.78 is 10.8. The molecule has 1 unspecified atom stereocenters. The van der Waals surface area contributed by atoms with Crippen molar-refractivity contribution in [1.82, 2.24) is 4.90 Å². The van der Waals surface area contributed by atoms with Crippen LogP contribution in [0.2, 0.25) is 0 Å². The Morgan fingerprint density at radius 1 is 1.04 bits per heavy atom. The van der Waals surface area contributed by atoms with Crippen LogP contribution in [-0.4, -0.2) is 21.7 Å². The maximum absolute atomic E-state index is 12.8. The zero-order chi connectivity index (χ0) is 19.0. The number of hydrogen-bond acceptors (Lipinski definition) is 5. The largest absolute Gasteiger partial charge is 0.507 e. The molecular formula is C21H17NO5. The van der Waals surface area contributed by atoms with Crippen molar-refractivity contribution in [2.24, 2.45) is 0 Å². The highest BCUT2D eigenvalue weighted by molar-refractivity contribution is 6.46. The lowest BCUT2D eigenvalue weighted by Crippen LogP contribution is -2.28. The Balaban J connectivity index is 1.83. The molecule has 0 bridgehead atoms. The smallest absolute Gasteiger partial charge is 0.296 e. The summed E-state index contributed by atoms with van der Waals surface area (Å²) in [7, 11) is 0. The van der Waals surface area contributed by atoms with Gasteiger partial charge in [0.1, 0.15) is 23.3 Å². The molecule has 2 aromatic heterocycles. The number of aryl methyl sites for hydroxylation is 1. The van der Waals surface area contributed by atoms with Gasteiger partial charge >= 0.3 is 0 Å². The number of amides is 1. The first kappa shape index (κ1) is 16.9. The van der Waals surface area contributed by atoms with Crippen LogP contribution in [0.25, 0.3) is 5.76 Å². The van der Waals surface area contributed by atoms with Gasteiger partial charge in [-0.2, -0.15) is 0 Å². The number of carbonyl (C=O) groups is 2. The van der Waals surface area contributed by atoms with E-state index >= 15 is 0 Å². The number of aliphatic hydroxyl groups excluding tert-OH is 1. The lowest BCUT2D eigenvalue weighted by atomic mass is 9.99. The molecule has 1 atom stereocenters. The summed E-state index contributed by atoms with van der Waals surface area (Å²) >= 11 is 0. The molecule has 6 heteroatoms. The fraction of sp³-hybridized carbons (Fsp3) is 0.143. The first-order valence-electron chi connectivity index (χ1n) is 8.47. The van der Waals surface area contributed by atoms with E-state index in [0.29, 0.717) is 17.1 Å². The zero-order valence-electron chi connectivity index (χ0n) is 14.6. The molecular weight excluding hydrogens is 346 g/mol. The Labute approximate surface area is 155 Å². The van der Waals surface area contributed by atoms with E-state index in [4.69, 9.17) is 8.83 Å². The molecule has 0 aliphatic carbocycles. The minimum Gasteiger partial charge on any atom is -0.507 e. The van der Waals surface area contributed by atoms with Crippen LogP contribution in [0, 0.1) is 6.92 Å². The minimum absolute atomic E-state index is 0.00496. The van der Waals surface area contributed by atoms with Gasteiger partial charge in [0.25, 0.3) is 11.7 Å². The number of hydrogen-bond donors (Lipinski definition) is 1. The van der Waals surface area contributed by atoms with Gasteiger partial charge in [-0.25, -0.2) is 0 Å². The summed E-state index contributed by atoms with van der Waals surface area (Å²) in [5, 5.41) is 10.8. The van der Waals surface area contributed by atoms with Gasteiger partial charge in [-0.15, -0.1) is 0 Å². The van der Waals surface area contributed by atoms with E-state index in [1.54, 1.807) is 36.4 Å². The predicted octanol–water partition coefficient (Wildman–Crippen LogP) is 3.80. The number of Topliss-reactive ketones (excluding diaryl/α,β-unsaturated/α-hetero) is 1. The molecule has 6 nitrogen and oxygen atoms in total. The van der Waals surface area contributed by atoms with Gasteiger partial charge in [0.2, 0.25) is 0 Å². The molecule has 0 saturated carbocycles. The molecule has 1 aliphatic heterocycles. The number of ketones is 1. The van der Waals surface area contributed by atoms with Gasteiger partial charge in [0.15, 0.2) is 0 Å². The number of rotatable bonds is 4. The molecule has 1 aromatic carbocycles. The average molecular weight is 363 g/mol. The third kappa shape index (κ3) is 2.95. The van der Waals surface area contributed by atoms with Crippen molar-refractivity contribution in [3.8, 4) is 0 Å². The third-order valence-corrected chi connectivity index (χ3v) is 4.58. The number of benzene rings is 1. The molecule has 27 heavy (non-hydrogen) atoms. The lowest BCUT2D eigenvalue weighted by Gasteiger charge is -2.22. The van der Waals surface area contributed by atoms with Crippen LogP contribution in [-0.2, 0) is 16.1 Å². The highest BCUT2D eigenvalue weighted by Crippen LogP contribution is 2.40. The van der Waals surface area contributed by atoms with Crippen LogP contribution in [0.1, 0.15) is 28.7 Å². The Bertz CT molecular complexity index is 998. The van der Waals surface area contributed by atoms with Crippen LogP contribution in [0.5, 0.6) is 0 Å². The van der Waals surface area contributed by atoms with Crippen LogP contribution >= 0.6 is 0 Å². The average Bonchev–Trinajstić information content (AvgIpc) is 3.40. The second-order valence-corrected chi connectivity index (χ2v) is 6.39. The molecule has 3 aromatic rings. The molecule has 1 amide bonds. The van der Waals surface area contributed by atoms with Crippen molar-refractivity contribution in [2.75, 3.05) is 0 Å². The van der Waals surface area contributed by atoms with E-state index in [1.807, 2.05) is 19.1 Å². The normalized spacial score (nSPS) is 19.0. The minimum atomic E-state index is -0.827. The molecule has 1 N–H and O–H groups in total. The van der Waals surface area contributed by atoms with Gasteiger partial charge in [-0.3, -0.25) is 9.59 Å². The Morgan fingerprint density at radius 2 is 1.74 bits per heavy atom. The third-order valence-electron chi connectivity index (χ3n) is 4.58. The first-order valence-corrected chi connectivity index (χ1v) is 8.47. The lowest BCUT2D eigenvalue weighted by molar-refractivity contribution is -0.140. The monoisotopic (exact) mass is 363 g/mol. The Morgan fingerprint density at radius 3 is 2.37 bits per heavy atom. The SMILES string of the molecule is Cc1ccc(C(O)=C2C(=O)C(=O)N(Cc3ccco3)C2c2ccco2)cc1. The van der Waals surface area contributed by atoms with E-state index in [0.717, 1.165) is 5.56 Å². The van der Waals surface area contributed by atoms with Crippen molar-refractivity contribution in [3.05, 3.63) is 89.3 Å². The van der Waals surface area contributed by atoms with Gasteiger partial charge in [-0.05, 0) is 31.2 Å². The van der Waals surface area contributed by atoms with E-state index in [1.165, 1.54) is 17.4 Å². The summed E-state index contributed by atoms with van der Waals surface area (Å²) in [4.78, 5) is 26.8. The second-order valence-electron chi connectivity index (χ2n) is 6.39. The number of aliphatic hydroxyl groups is 1. The summed E-state index contributed by atoms with van der Waals surface area (Å²) in [5.74, 6) is -0.752. The highest BCUT2D eigenvalue weighted by Gasteiger charge is 2.47. The van der Waals surface area contributed by atoms with Crippen LogP contribution in [0.3, 0.4) is 0 Å². The summed E-state index contributed by atoms with van der Waals surface area (Å²) in [6.07, 6.45) is 2.97. The van der Waals surface area contributed by atoms with Crippen molar-refractivity contribution >= 4 is 17.4 Å². The maximum atomic E-state index is 12.8. The predicted molar refractivity (Wildman–Crippen MR) is 96.4 cm³/mol. The van der Waals surface area contributed by atoms with Crippen molar-refractivity contribution in [1.29, 1.82) is 0 Å². The van der Waals surface area contributed by atoms with Crippen molar-refractivity contribution < 1.29 is 23.5 Å². The number of carbonyl (C=O) groups excluding carboxylic acids is 2. The van der Waals surface area contributed by atoms with Crippen molar-refractivity contribution in [2.45, 2.75) is 19.5 Å². The van der Waals surface area contributed by atoms with Crippen LogP contribution < -0.4 is 0 Å². The number of furan rings is 2. The fourth-order valence-corrected chi connectivity index (χ4v) is 3.22.